The number of nitrogens with one attached hydrogen (secondary N) is 2. The quantitative estimate of drug-likeness (QED) is 0.372. The topological polar surface area (TPSA) is 42.2 Å². The first kappa shape index (κ1) is 23.7. The number of benzene rings is 2. The Hall–Kier alpha value is -1.95. The Kier molecular flexibility index (Phi) is 8.88. The van der Waals surface area contributed by atoms with Gasteiger partial charge in [0.2, 0.25) is 0 Å². The zero-order valence-electron chi connectivity index (χ0n) is 18.5. The molecule has 0 radical (unpaired) electrons. The van der Waals surface area contributed by atoms with Crippen LogP contribution in [0.3, 0.4) is 0 Å². The molecule has 0 aliphatic rings. The fourth-order valence-corrected chi connectivity index (χ4v) is 4.05. The van der Waals surface area contributed by atoms with Gasteiger partial charge in [-0.1, -0.05) is 45.7 Å². The molecule has 3 aromatic rings. The van der Waals surface area contributed by atoms with E-state index >= 15 is 0 Å². The van der Waals surface area contributed by atoms with Crippen LogP contribution in [0.1, 0.15) is 45.0 Å². The summed E-state index contributed by atoms with van der Waals surface area (Å²) >= 11 is 9.71. The number of rotatable bonds is 10. The van der Waals surface area contributed by atoms with Gasteiger partial charge < -0.3 is 10.2 Å². The van der Waals surface area contributed by atoms with Gasteiger partial charge in [0.1, 0.15) is 5.82 Å². The molecule has 2 aromatic carbocycles. The molecule has 4 nitrogen and oxygen atoms in total. The number of hydrogen-bond donors (Lipinski definition) is 2. The Balaban J connectivity index is 1.79. The molecule has 0 unspecified atom stereocenters. The summed E-state index contributed by atoms with van der Waals surface area (Å²) in [6, 6.07) is 14.3. The van der Waals surface area contributed by atoms with E-state index in [1.165, 1.54) is 26.1 Å². The van der Waals surface area contributed by atoms with E-state index in [9.17, 15) is 0 Å². The van der Waals surface area contributed by atoms with E-state index in [4.69, 9.17) is 21.6 Å². The summed E-state index contributed by atoms with van der Waals surface area (Å²) in [7, 11) is 0. The summed E-state index contributed by atoms with van der Waals surface area (Å²) in [4.78, 5) is 11.2. The van der Waals surface area contributed by atoms with E-state index in [0.29, 0.717) is 16.9 Å². The van der Waals surface area contributed by atoms with Gasteiger partial charge in [-0.05, 0) is 75.6 Å². The molecule has 0 fully saturated rings. The van der Waals surface area contributed by atoms with Crippen LogP contribution < -0.4 is 10.2 Å². The van der Waals surface area contributed by atoms with Crippen molar-refractivity contribution in [2.75, 3.05) is 25.0 Å². The van der Waals surface area contributed by atoms with Crippen molar-refractivity contribution >= 4 is 56.4 Å². The average Bonchev–Trinajstić information content (AvgIpc) is 2.76. The maximum Gasteiger partial charge on any atom is 0.154 e. The van der Waals surface area contributed by atoms with Crippen LogP contribution in [0.25, 0.3) is 23.1 Å². The van der Waals surface area contributed by atoms with Gasteiger partial charge in [-0.3, -0.25) is 0 Å². The van der Waals surface area contributed by atoms with Crippen molar-refractivity contribution in [1.82, 2.24) is 9.97 Å². The van der Waals surface area contributed by atoms with Crippen molar-refractivity contribution < 1.29 is 4.90 Å². The maximum atomic E-state index is 6.24. The van der Waals surface area contributed by atoms with Crippen LogP contribution in [0.2, 0.25) is 5.02 Å². The molecule has 2 N–H and O–H groups in total. The lowest BCUT2D eigenvalue weighted by atomic mass is 10.1. The van der Waals surface area contributed by atoms with Crippen molar-refractivity contribution in [3.8, 4) is 0 Å². The second kappa shape index (κ2) is 11.6. The van der Waals surface area contributed by atoms with Crippen LogP contribution in [0.15, 0.2) is 46.9 Å². The third kappa shape index (κ3) is 7.03. The Morgan fingerprint density at radius 3 is 2.52 bits per heavy atom. The number of aromatic nitrogens is 2. The molecule has 0 aliphatic heterocycles. The van der Waals surface area contributed by atoms with Crippen molar-refractivity contribution in [3.63, 3.8) is 0 Å². The molecule has 164 valence electrons. The molecule has 0 saturated heterocycles. The highest BCUT2D eigenvalue weighted by Crippen LogP contribution is 2.25. The van der Waals surface area contributed by atoms with Crippen molar-refractivity contribution in [1.29, 1.82) is 0 Å². The molecule has 0 spiro atoms. The molecule has 6 heteroatoms. The lowest BCUT2D eigenvalue weighted by Gasteiger charge is -2.19. The number of anilines is 1. The number of quaternary nitrogens is 1. The van der Waals surface area contributed by atoms with Gasteiger partial charge in [-0.15, -0.1) is 0 Å². The molecular formula is C25H31BrClN4+. The molecule has 0 amide bonds. The Labute approximate surface area is 198 Å². The Bertz CT molecular complexity index is 1020. The van der Waals surface area contributed by atoms with Gasteiger partial charge in [0.15, 0.2) is 5.82 Å². The van der Waals surface area contributed by atoms with E-state index in [2.05, 4.69) is 54.2 Å². The zero-order chi connectivity index (χ0) is 22.2. The molecule has 1 heterocycles. The molecule has 0 aliphatic carbocycles. The summed E-state index contributed by atoms with van der Waals surface area (Å²) in [6.07, 6.45) is 6.27. The maximum absolute atomic E-state index is 6.24. The van der Waals surface area contributed by atoms with E-state index in [1.54, 1.807) is 4.90 Å². The van der Waals surface area contributed by atoms with Crippen molar-refractivity contribution in [2.24, 2.45) is 0 Å². The standard InChI is InChI=1S/C25H30BrClN4/c1-4-31(5-2)16-6-7-18(3)28-25-22-14-13-21(27)17-23(22)29-24(30-25)15-10-19-8-11-20(26)12-9-19/h8-15,17-18H,4-7,16H2,1-3H3,(H,28,29,30)/p+1/b15-10+/t18-/m1/s1. The zero-order valence-corrected chi connectivity index (χ0v) is 20.8. The van der Waals surface area contributed by atoms with Gasteiger partial charge in [0.25, 0.3) is 0 Å². The van der Waals surface area contributed by atoms with Gasteiger partial charge in [0, 0.05) is 20.9 Å². The normalized spacial score (nSPS) is 12.7. The van der Waals surface area contributed by atoms with E-state index in [1.807, 2.05) is 42.5 Å². The molecule has 0 saturated carbocycles. The third-order valence-corrected chi connectivity index (χ3v) is 6.29. The van der Waals surface area contributed by atoms with Crippen LogP contribution in [0, 0.1) is 0 Å². The minimum atomic E-state index is 0.326. The molecule has 1 aromatic heterocycles. The number of nitrogens with zero attached hydrogens (tertiary/aromatic N) is 2. The van der Waals surface area contributed by atoms with E-state index < -0.39 is 0 Å². The lowest BCUT2D eigenvalue weighted by Crippen LogP contribution is -3.11. The third-order valence-electron chi connectivity index (χ3n) is 5.52. The van der Waals surface area contributed by atoms with Crippen LogP contribution in [0.5, 0.6) is 0 Å². The summed E-state index contributed by atoms with van der Waals surface area (Å²) in [5.74, 6) is 1.53. The fraction of sp³-hybridized carbons (Fsp3) is 0.360. The minimum absolute atomic E-state index is 0.326. The first-order valence-electron chi connectivity index (χ1n) is 11.0. The molecule has 3 rings (SSSR count). The van der Waals surface area contributed by atoms with Crippen molar-refractivity contribution in [2.45, 2.75) is 39.7 Å². The molecule has 31 heavy (non-hydrogen) atoms. The molecular weight excluding hydrogens is 472 g/mol. The highest BCUT2D eigenvalue weighted by atomic mass is 79.9. The lowest BCUT2D eigenvalue weighted by molar-refractivity contribution is -0.896. The minimum Gasteiger partial charge on any atom is -0.367 e. The summed E-state index contributed by atoms with van der Waals surface area (Å²) in [5, 5.41) is 5.28. The molecule has 1 atom stereocenters. The Morgan fingerprint density at radius 2 is 1.81 bits per heavy atom. The average molecular weight is 503 g/mol. The van der Waals surface area contributed by atoms with Crippen LogP contribution in [-0.2, 0) is 0 Å². The fourth-order valence-electron chi connectivity index (χ4n) is 3.62. The number of hydrogen-bond acceptors (Lipinski definition) is 3. The predicted molar refractivity (Wildman–Crippen MR) is 137 cm³/mol. The summed E-state index contributed by atoms with van der Waals surface area (Å²) in [6.45, 7) is 10.3. The second-order valence-electron chi connectivity index (χ2n) is 7.87. The molecule has 0 bridgehead atoms. The monoisotopic (exact) mass is 501 g/mol. The number of halogens is 2. The van der Waals surface area contributed by atoms with E-state index in [-0.39, 0.29) is 0 Å². The first-order chi connectivity index (χ1) is 15.0. The highest BCUT2D eigenvalue weighted by molar-refractivity contribution is 9.10. The van der Waals surface area contributed by atoms with Gasteiger partial charge in [0.05, 0.1) is 25.2 Å². The predicted octanol–water partition coefficient (Wildman–Crippen LogP) is 5.72. The van der Waals surface area contributed by atoms with Crippen LogP contribution in [0.4, 0.5) is 5.82 Å². The smallest absolute Gasteiger partial charge is 0.154 e. The highest BCUT2D eigenvalue weighted by Gasteiger charge is 2.11. The number of fused-ring (bicyclic) bond motifs is 1. The summed E-state index contributed by atoms with van der Waals surface area (Å²) < 4.78 is 1.06. The van der Waals surface area contributed by atoms with Crippen LogP contribution in [-0.4, -0.2) is 35.6 Å². The van der Waals surface area contributed by atoms with Gasteiger partial charge in [-0.2, -0.15) is 0 Å². The van der Waals surface area contributed by atoms with Crippen molar-refractivity contribution in [3.05, 3.63) is 63.3 Å². The first-order valence-corrected chi connectivity index (χ1v) is 12.2. The van der Waals surface area contributed by atoms with Gasteiger partial charge >= 0.3 is 0 Å². The SMILES string of the molecule is CC[NH+](CC)CCC[C@@H](C)Nc1nc(/C=C/c2ccc(Br)cc2)nc2cc(Cl)ccc12. The van der Waals surface area contributed by atoms with Gasteiger partial charge in [-0.25, -0.2) is 9.97 Å². The van der Waals surface area contributed by atoms with E-state index in [0.717, 1.165) is 33.2 Å². The Morgan fingerprint density at radius 1 is 1.06 bits per heavy atom. The van der Waals surface area contributed by atoms with Crippen LogP contribution >= 0.6 is 27.5 Å². The second-order valence-corrected chi connectivity index (χ2v) is 9.22. The largest absolute Gasteiger partial charge is 0.367 e. The summed E-state index contributed by atoms with van der Waals surface area (Å²) in [5.41, 5.74) is 1.94.